The summed E-state index contributed by atoms with van der Waals surface area (Å²) in [5.41, 5.74) is 3.87. The van der Waals surface area contributed by atoms with Gasteiger partial charge in [-0.25, -0.2) is 9.37 Å². The van der Waals surface area contributed by atoms with Gasteiger partial charge in [-0.1, -0.05) is 12.1 Å². The number of amides is 1. The number of rotatable bonds is 6. The van der Waals surface area contributed by atoms with Crippen molar-refractivity contribution in [3.8, 4) is 11.3 Å². The molecule has 1 aliphatic rings. The molecule has 4 aromatic rings. The van der Waals surface area contributed by atoms with Gasteiger partial charge >= 0.3 is 0 Å². The molecule has 0 radical (unpaired) electrons. The van der Waals surface area contributed by atoms with Crippen molar-refractivity contribution in [2.24, 2.45) is 0 Å². The summed E-state index contributed by atoms with van der Waals surface area (Å²) in [5, 5.41) is 2.02. The molecule has 34 heavy (non-hydrogen) atoms. The smallest absolute Gasteiger partial charge is 0.223 e. The highest BCUT2D eigenvalue weighted by Crippen LogP contribution is 2.26. The number of carbonyl (C=O) groups is 2. The maximum Gasteiger partial charge on any atom is 0.223 e. The lowest BCUT2D eigenvalue weighted by Gasteiger charge is -2.36. The minimum absolute atomic E-state index is 0.0593. The molecule has 0 bridgehead atoms. The van der Waals surface area contributed by atoms with Gasteiger partial charge in [0.05, 0.1) is 5.69 Å². The van der Waals surface area contributed by atoms with Crippen LogP contribution in [-0.2, 0) is 11.2 Å². The van der Waals surface area contributed by atoms with Crippen molar-refractivity contribution in [1.29, 1.82) is 0 Å². The molecule has 6 nitrogen and oxygen atoms in total. The number of hydrogen-bond acceptors (Lipinski definition) is 5. The van der Waals surface area contributed by atoms with Crippen LogP contribution in [-0.4, -0.2) is 52.2 Å². The molecule has 0 atom stereocenters. The van der Waals surface area contributed by atoms with Crippen molar-refractivity contribution in [2.45, 2.75) is 19.8 Å². The molecule has 2 aromatic heterocycles. The number of aromatic nitrogens is 2. The molecule has 174 valence electrons. The van der Waals surface area contributed by atoms with Crippen LogP contribution in [0.4, 0.5) is 10.1 Å². The van der Waals surface area contributed by atoms with Gasteiger partial charge in [0.1, 0.15) is 5.82 Å². The summed E-state index contributed by atoms with van der Waals surface area (Å²) < 4.78 is 16.1. The van der Waals surface area contributed by atoms with Crippen molar-refractivity contribution in [1.82, 2.24) is 14.3 Å². The van der Waals surface area contributed by atoms with Crippen LogP contribution in [0.3, 0.4) is 0 Å². The van der Waals surface area contributed by atoms with Gasteiger partial charge in [-0.2, -0.15) is 0 Å². The Bertz CT molecular complexity index is 1340. The molecule has 0 aliphatic carbocycles. The third kappa shape index (κ3) is 4.46. The SMILES string of the molecule is CC(=O)c1ccc(N2CCN(C(=O)CCc3csc4nc(-c5ccccc5F)cn34)CC2)cc1. The Balaban J connectivity index is 1.18. The van der Waals surface area contributed by atoms with E-state index in [1.807, 2.05) is 45.1 Å². The number of thiazole rings is 1. The number of anilines is 1. The van der Waals surface area contributed by atoms with Gasteiger partial charge < -0.3 is 9.80 Å². The number of aryl methyl sites for hydroxylation is 1. The van der Waals surface area contributed by atoms with Crippen molar-refractivity contribution in [2.75, 3.05) is 31.1 Å². The lowest BCUT2D eigenvalue weighted by atomic mass is 10.1. The second kappa shape index (κ2) is 9.38. The highest BCUT2D eigenvalue weighted by atomic mass is 32.1. The molecular formula is C26H25FN4O2S. The summed E-state index contributed by atoms with van der Waals surface area (Å²) in [6.45, 7) is 4.45. The molecule has 1 amide bonds. The number of piperazine rings is 1. The van der Waals surface area contributed by atoms with Crippen molar-refractivity contribution < 1.29 is 14.0 Å². The molecule has 1 aliphatic heterocycles. The molecule has 1 fully saturated rings. The molecule has 1 saturated heterocycles. The zero-order valence-electron chi connectivity index (χ0n) is 18.9. The van der Waals surface area contributed by atoms with Crippen LogP contribution in [0.25, 0.3) is 16.2 Å². The van der Waals surface area contributed by atoms with Crippen molar-refractivity contribution in [3.05, 3.63) is 77.2 Å². The topological polar surface area (TPSA) is 57.9 Å². The van der Waals surface area contributed by atoms with Crippen molar-refractivity contribution in [3.63, 3.8) is 0 Å². The Labute approximate surface area is 201 Å². The highest BCUT2D eigenvalue weighted by Gasteiger charge is 2.22. The largest absolute Gasteiger partial charge is 0.368 e. The fourth-order valence-electron chi connectivity index (χ4n) is 4.32. The number of imidazole rings is 1. The highest BCUT2D eigenvalue weighted by molar-refractivity contribution is 7.15. The van der Waals surface area contributed by atoms with E-state index in [2.05, 4.69) is 9.88 Å². The fraction of sp³-hybridized carbons (Fsp3) is 0.269. The standard InChI is InChI=1S/C26H25FN4O2S/c1-18(32)19-6-8-20(9-7-19)29-12-14-30(15-13-29)25(33)11-10-21-17-34-26-28-24(16-31(21)26)22-4-2-3-5-23(22)27/h2-9,16-17H,10-15H2,1H3. The normalized spacial score (nSPS) is 14.1. The van der Waals surface area contributed by atoms with Gasteiger partial charge in [-0.15, -0.1) is 11.3 Å². The monoisotopic (exact) mass is 476 g/mol. The lowest BCUT2D eigenvalue weighted by Crippen LogP contribution is -2.48. The quantitative estimate of drug-likeness (QED) is 0.379. The van der Waals surface area contributed by atoms with Gasteiger partial charge in [0.2, 0.25) is 5.91 Å². The maximum atomic E-state index is 14.1. The van der Waals surface area contributed by atoms with Crippen LogP contribution in [0.2, 0.25) is 0 Å². The van der Waals surface area contributed by atoms with Gasteiger partial charge in [0.25, 0.3) is 0 Å². The first kappa shape index (κ1) is 22.3. The number of halogens is 1. The van der Waals surface area contributed by atoms with Crippen LogP contribution in [0.5, 0.6) is 0 Å². The zero-order valence-corrected chi connectivity index (χ0v) is 19.7. The number of Topliss-reactive ketones (excluding diaryl/α,β-unsaturated/α-hetero) is 1. The Kier molecular flexibility index (Phi) is 6.15. The lowest BCUT2D eigenvalue weighted by molar-refractivity contribution is -0.131. The zero-order chi connectivity index (χ0) is 23.7. The molecule has 0 spiro atoms. The van der Waals surface area contributed by atoms with Gasteiger partial charge in [-0.05, 0) is 49.7 Å². The molecule has 3 heterocycles. The molecular weight excluding hydrogens is 451 g/mol. The number of ketones is 1. The van der Waals surface area contributed by atoms with E-state index in [4.69, 9.17) is 0 Å². The number of nitrogens with zero attached hydrogens (tertiary/aromatic N) is 4. The molecule has 8 heteroatoms. The summed E-state index contributed by atoms with van der Waals surface area (Å²) >= 11 is 1.50. The number of benzene rings is 2. The summed E-state index contributed by atoms with van der Waals surface area (Å²) in [6.07, 6.45) is 2.88. The third-order valence-corrected chi connectivity index (χ3v) is 7.19. The second-order valence-corrected chi connectivity index (χ2v) is 9.29. The maximum absolute atomic E-state index is 14.1. The van der Waals surface area contributed by atoms with Gasteiger partial charge in [-0.3, -0.25) is 14.0 Å². The number of carbonyl (C=O) groups excluding carboxylic acids is 2. The van der Waals surface area contributed by atoms with E-state index in [0.29, 0.717) is 42.8 Å². The van der Waals surface area contributed by atoms with Gasteiger partial charge in [0.15, 0.2) is 10.7 Å². The first-order valence-electron chi connectivity index (χ1n) is 11.3. The number of hydrogen-bond donors (Lipinski definition) is 0. The molecule has 0 unspecified atom stereocenters. The van der Waals surface area contributed by atoms with E-state index < -0.39 is 0 Å². The number of fused-ring (bicyclic) bond motifs is 1. The third-order valence-electron chi connectivity index (χ3n) is 6.30. The summed E-state index contributed by atoms with van der Waals surface area (Å²) in [6, 6.07) is 14.3. The Morgan fingerprint density at radius 3 is 2.47 bits per heavy atom. The minimum Gasteiger partial charge on any atom is -0.368 e. The van der Waals surface area contributed by atoms with Crippen LogP contribution < -0.4 is 4.90 Å². The summed E-state index contributed by atoms with van der Waals surface area (Å²) in [4.78, 5) is 33.8. The van der Waals surface area contributed by atoms with Crippen LogP contribution >= 0.6 is 11.3 Å². The fourth-order valence-corrected chi connectivity index (χ4v) is 5.23. The molecule has 5 rings (SSSR count). The minimum atomic E-state index is -0.293. The van der Waals surface area contributed by atoms with E-state index >= 15 is 0 Å². The summed E-state index contributed by atoms with van der Waals surface area (Å²) in [7, 11) is 0. The van der Waals surface area contributed by atoms with Crippen molar-refractivity contribution >= 4 is 33.7 Å². The van der Waals surface area contributed by atoms with Gasteiger partial charge in [0, 0.05) is 66.7 Å². The predicted octanol–water partition coefficient (Wildman–Crippen LogP) is 4.69. The second-order valence-electron chi connectivity index (χ2n) is 8.46. The average Bonchev–Trinajstić information content (AvgIpc) is 3.44. The van der Waals surface area contributed by atoms with E-state index in [-0.39, 0.29) is 17.5 Å². The molecule has 2 aromatic carbocycles. The first-order valence-corrected chi connectivity index (χ1v) is 12.2. The average molecular weight is 477 g/mol. The Morgan fingerprint density at radius 2 is 1.76 bits per heavy atom. The molecule has 0 N–H and O–H groups in total. The molecule has 0 saturated carbocycles. The van der Waals surface area contributed by atoms with E-state index in [9.17, 15) is 14.0 Å². The van der Waals surface area contributed by atoms with E-state index in [1.54, 1.807) is 25.1 Å². The van der Waals surface area contributed by atoms with Crippen LogP contribution in [0, 0.1) is 5.82 Å². The Hall–Kier alpha value is -3.52. The summed E-state index contributed by atoms with van der Waals surface area (Å²) in [5.74, 6) is -0.0942. The predicted molar refractivity (Wildman–Crippen MR) is 132 cm³/mol. The van der Waals surface area contributed by atoms with Crippen LogP contribution in [0.1, 0.15) is 29.4 Å². The van der Waals surface area contributed by atoms with Crippen LogP contribution in [0.15, 0.2) is 60.1 Å². The first-order chi connectivity index (χ1) is 16.5. The Morgan fingerprint density at radius 1 is 1.03 bits per heavy atom. The van der Waals surface area contributed by atoms with E-state index in [1.165, 1.54) is 17.4 Å². The van der Waals surface area contributed by atoms with E-state index in [0.717, 1.165) is 29.4 Å².